The van der Waals surface area contributed by atoms with E-state index in [-0.39, 0.29) is 18.6 Å². The van der Waals surface area contributed by atoms with Gasteiger partial charge >= 0.3 is 5.97 Å². The highest BCUT2D eigenvalue weighted by Crippen LogP contribution is 2.27. The molecule has 6 heteroatoms. The highest BCUT2D eigenvalue weighted by Gasteiger charge is 2.24. The van der Waals surface area contributed by atoms with Gasteiger partial charge in [0, 0.05) is 16.7 Å². The Hall–Kier alpha value is -2.78. The molecule has 2 aromatic carbocycles. The second-order valence-electron chi connectivity index (χ2n) is 6.01. The van der Waals surface area contributed by atoms with Crippen LogP contribution in [0.2, 0.25) is 0 Å². The van der Waals surface area contributed by atoms with Crippen LogP contribution in [0.1, 0.15) is 34.3 Å². The van der Waals surface area contributed by atoms with Crippen LogP contribution >= 0.6 is 11.8 Å². The number of nitrogens with zero attached hydrogens (tertiary/aromatic N) is 1. The lowest BCUT2D eigenvalue weighted by molar-refractivity contribution is -0.124. The van der Waals surface area contributed by atoms with Crippen LogP contribution in [0.25, 0.3) is 0 Å². The van der Waals surface area contributed by atoms with E-state index in [1.54, 1.807) is 24.3 Å². The fraction of sp³-hybridized carbons (Fsp3) is 0.250. The SMILES string of the molecule is N#Cc1ccc(CSc2ccccc2C(=O)OCC(=O)NC2CC2)cc1. The van der Waals surface area contributed by atoms with E-state index in [2.05, 4.69) is 11.4 Å². The standard InChI is InChI=1S/C20H18N2O3S/c21-11-14-5-7-15(8-6-14)13-26-18-4-2-1-3-17(18)20(24)25-12-19(23)22-16-9-10-16/h1-8,16H,9-10,12-13H2,(H,22,23). The fourth-order valence-electron chi connectivity index (χ4n) is 2.30. The Balaban J connectivity index is 1.58. The maximum atomic E-state index is 12.3. The summed E-state index contributed by atoms with van der Waals surface area (Å²) >= 11 is 1.51. The number of rotatable bonds is 7. The molecule has 1 aliphatic carbocycles. The minimum atomic E-state index is -0.501. The first-order valence-corrected chi connectivity index (χ1v) is 9.31. The summed E-state index contributed by atoms with van der Waals surface area (Å²) in [5.41, 5.74) is 2.12. The molecule has 1 saturated carbocycles. The molecule has 0 aromatic heterocycles. The fourth-order valence-corrected chi connectivity index (χ4v) is 3.30. The summed E-state index contributed by atoms with van der Waals surface area (Å²) < 4.78 is 5.14. The smallest absolute Gasteiger partial charge is 0.339 e. The van der Waals surface area contributed by atoms with Crippen LogP contribution in [0.15, 0.2) is 53.4 Å². The lowest BCUT2D eigenvalue weighted by Crippen LogP contribution is -2.30. The summed E-state index contributed by atoms with van der Waals surface area (Å²) in [6, 6.07) is 16.9. The summed E-state index contributed by atoms with van der Waals surface area (Å²) in [5, 5.41) is 11.6. The van der Waals surface area contributed by atoms with Gasteiger partial charge in [-0.05, 0) is 42.7 Å². The van der Waals surface area contributed by atoms with E-state index in [1.807, 2.05) is 24.3 Å². The van der Waals surface area contributed by atoms with Crippen molar-refractivity contribution in [3.63, 3.8) is 0 Å². The molecule has 2 aromatic rings. The second kappa shape index (κ2) is 8.54. The molecule has 0 spiro atoms. The van der Waals surface area contributed by atoms with Gasteiger partial charge in [0.15, 0.2) is 6.61 Å². The molecule has 0 bridgehead atoms. The van der Waals surface area contributed by atoms with E-state index in [0.29, 0.717) is 16.9 Å². The van der Waals surface area contributed by atoms with Crippen molar-refractivity contribution in [2.75, 3.05) is 6.61 Å². The second-order valence-corrected chi connectivity index (χ2v) is 7.03. The highest BCUT2D eigenvalue weighted by molar-refractivity contribution is 7.98. The predicted octanol–water partition coefficient (Wildman–Crippen LogP) is 3.29. The van der Waals surface area contributed by atoms with Crippen molar-refractivity contribution in [3.05, 3.63) is 65.2 Å². The minimum Gasteiger partial charge on any atom is -0.452 e. The topological polar surface area (TPSA) is 79.2 Å². The molecule has 1 N–H and O–H groups in total. The first kappa shape index (κ1) is 18.0. The molecule has 5 nitrogen and oxygen atoms in total. The molecule has 0 aliphatic heterocycles. The highest BCUT2D eigenvalue weighted by atomic mass is 32.2. The van der Waals surface area contributed by atoms with Crippen molar-refractivity contribution in [2.24, 2.45) is 0 Å². The van der Waals surface area contributed by atoms with Gasteiger partial charge in [-0.25, -0.2) is 4.79 Å². The minimum absolute atomic E-state index is 0.247. The van der Waals surface area contributed by atoms with Gasteiger partial charge in [0.05, 0.1) is 17.2 Å². The number of esters is 1. The normalized spacial score (nSPS) is 12.9. The number of nitrogens with one attached hydrogen (secondary N) is 1. The lowest BCUT2D eigenvalue weighted by atomic mass is 10.2. The summed E-state index contributed by atoms with van der Waals surface area (Å²) in [5.74, 6) is -0.0968. The number of carbonyl (C=O) groups is 2. The summed E-state index contributed by atoms with van der Waals surface area (Å²) in [6.07, 6.45) is 1.99. The number of ether oxygens (including phenoxy) is 1. The molecular formula is C20H18N2O3S. The van der Waals surface area contributed by atoms with Crippen LogP contribution < -0.4 is 5.32 Å². The van der Waals surface area contributed by atoms with E-state index < -0.39 is 5.97 Å². The average Bonchev–Trinajstić information content (AvgIpc) is 3.49. The van der Waals surface area contributed by atoms with Crippen LogP contribution in [-0.4, -0.2) is 24.5 Å². The molecule has 1 fully saturated rings. The van der Waals surface area contributed by atoms with Crippen molar-refractivity contribution in [1.29, 1.82) is 5.26 Å². The lowest BCUT2D eigenvalue weighted by Gasteiger charge is -2.09. The first-order valence-electron chi connectivity index (χ1n) is 8.33. The first-order chi connectivity index (χ1) is 12.7. The number of amides is 1. The summed E-state index contributed by atoms with van der Waals surface area (Å²) in [7, 11) is 0. The Morgan fingerprint density at radius 3 is 2.58 bits per heavy atom. The number of thioether (sulfide) groups is 1. The zero-order valence-electron chi connectivity index (χ0n) is 14.1. The Morgan fingerprint density at radius 2 is 1.88 bits per heavy atom. The third-order valence-corrected chi connectivity index (χ3v) is 5.01. The maximum absolute atomic E-state index is 12.3. The molecule has 1 amide bonds. The number of hydrogen-bond donors (Lipinski definition) is 1. The van der Waals surface area contributed by atoms with Gasteiger partial charge in [-0.2, -0.15) is 5.26 Å². The molecule has 0 heterocycles. The number of hydrogen-bond acceptors (Lipinski definition) is 5. The Kier molecular flexibility index (Phi) is 5.92. The van der Waals surface area contributed by atoms with Crippen molar-refractivity contribution in [2.45, 2.75) is 29.5 Å². The monoisotopic (exact) mass is 366 g/mol. The largest absolute Gasteiger partial charge is 0.452 e. The van der Waals surface area contributed by atoms with E-state index in [9.17, 15) is 9.59 Å². The van der Waals surface area contributed by atoms with Gasteiger partial charge in [-0.1, -0.05) is 24.3 Å². The quantitative estimate of drug-likeness (QED) is 0.601. The van der Waals surface area contributed by atoms with E-state index >= 15 is 0 Å². The summed E-state index contributed by atoms with van der Waals surface area (Å²) in [4.78, 5) is 24.8. The number of nitriles is 1. The van der Waals surface area contributed by atoms with Crippen molar-refractivity contribution >= 4 is 23.6 Å². The van der Waals surface area contributed by atoms with Crippen molar-refractivity contribution in [3.8, 4) is 6.07 Å². The third-order valence-electron chi connectivity index (χ3n) is 3.86. The molecule has 0 saturated heterocycles. The maximum Gasteiger partial charge on any atom is 0.339 e. The number of carbonyl (C=O) groups excluding carboxylic acids is 2. The van der Waals surface area contributed by atoms with Crippen LogP contribution in [0.4, 0.5) is 0 Å². The summed E-state index contributed by atoms with van der Waals surface area (Å²) in [6.45, 7) is -0.260. The van der Waals surface area contributed by atoms with E-state index in [0.717, 1.165) is 23.3 Å². The Labute approximate surface area is 156 Å². The molecule has 132 valence electrons. The van der Waals surface area contributed by atoms with Crippen LogP contribution in [0.3, 0.4) is 0 Å². The van der Waals surface area contributed by atoms with Gasteiger partial charge in [-0.15, -0.1) is 11.8 Å². The van der Waals surface area contributed by atoms with Gasteiger partial charge in [0.25, 0.3) is 5.91 Å². The van der Waals surface area contributed by atoms with Crippen molar-refractivity contribution < 1.29 is 14.3 Å². The van der Waals surface area contributed by atoms with Gasteiger partial charge in [-0.3, -0.25) is 4.79 Å². The van der Waals surface area contributed by atoms with Gasteiger partial charge < -0.3 is 10.1 Å². The van der Waals surface area contributed by atoms with Gasteiger partial charge in [0.2, 0.25) is 0 Å². The third kappa shape index (κ3) is 5.11. The molecule has 1 aliphatic rings. The molecule has 0 radical (unpaired) electrons. The van der Waals surface area contributed by atoms with Crippen molar-refractivity contribution in [1.82, 2.24) is 5.32 Å². The molecule has 3 rings (SSSR count). The van der Waals surface area contributed by atoms with E-state index in [4.69, 9.17) is 10.00 Å². The van der Waals surface area contributed by atoms with Crippen LogP contribution in [0, 0.1) is 11.3 Å². The number of benzene rings is 2. The molecular weight excluding hydrogens is 348 g/mol. The Bertz CT molecular complexity index is 839. The average molecular weight is 366 g/mol. The Morgan fingerprint density at radius 1 is 1.15 bits per heavy atom. The molecule has 0 atom stereocenters. The van der Waals surface area contributed by atoms with E-state index in [1.165, 1.54) is 11.8 Å². The predicted molar refractivity (Wildman–Crippen MR) is 98.6 cm³/mol. The zero-order chi connectivity index (χ0) is 18.4. The van der Waals surface area contributed by atoms with Crippen LogP contribution in [0.5, 0.6) is 0 Å². The zero-order valence-corrected chi connectivity index (χ0v) is 14.9. The van der Waals surface area contributed by atoms with Gasteiger partial charge in [0.1, 0.15) is 0 Å². The molecule has 26 heavy (non-hydrogen) atoms. The molecule has 0 unspecified atom stereocenters. The van der Waals surface area contributed by atoms with Crippen LogP contribution in [-0.2, 0) is 15.3 Å².